The summed E-state index contributed by atoms with van der Waals surface area (Å²) in [6.45, 7) is 3.62. The Labute approximate surface area is 142 Å². The van der Waals surface area contributed by atoms with Gasteiger partial charge in [0.2, 0.25) is 0 Å². The number of hydrogen-bond donors (Lipinski definition) is 0. The predicted molar refractivity (Wildman–Crippen MR) is 83.9 cm³/mol. The highest BCUT2D eigenvalue weighted by Gasteiger charge is 2.33. The molecule has 0 saturated carbocycles. The third-order valence-corrected chi connectivity index (χ3v) is 3.52. The number of alkyl halides is 3. The average molecular weight is 346 g/mol. The second-order valence-corrected chi connectivity index (χ2v) is 5.98. The Morgan fingerprint density at radius 2 is 2.00 bits per heavy atom. The summed E-state index contributed by atoms with van der Waals surface area (Å²) in [6.07, 6.45) is -1.54. The van der Waals surface area contributed by atoms with Gasteiger partial charge in [-0.05, 0) is 50.3 Å². The molecule has 2 aromatic rings. The molecule has 128 valence electrons. The van der Waals surface area contributed by atoms with Crippen LogP contribution in [0.25, 0.3) is 5.57 Å². The van der Waals surface area contributed by atoms with Crippen LogP contribution in [0.2, 0.25) is 0 Å². The van der Waals surface area contributed by atoms with E-state index in [-0.39, 0.29) is 5.75 Å². The molecule has 3 rings (SSSR count). The largest absolute Gasteiger partial charge is 0.573 e. The van der Waals surface area contributed by atoms with E-state index in [4.69, 9.17) is 4.74 Å². The number of hydrogen-bond acceptors (Lipinski definition) is 4. The summed E-state index contributed by atoms with van der Waals surface area (Å²) in [4.78, 5) is 4.23. The molecule has 0 saturated heterocycles. The molecule has 0 N–H and O–H groups in total. The fourth-order valence-electron chi connectivity index (χ4n) is 2.65. The van der Waals surface area contributed by atoms with Crippen LogP contribution in [0.15, 0.2) is 42.6 Å². The van der Waals surface area contributed by atoms with Crippen molar-refractivity contribution in [3.8, 4) is 17.6 Å². The fraction of sp³-hybridized carbons (Fsp3) is 0.222. The van der Waals surface area contributed by atoms with Gasteiger partial charge in [0.1, 0.15) is 23.2 Å². The maximum atomic E-state index is 12.5. The van der Waals surface area contributed by atoms with E-state index in [1.54, 1.807) is 18.2 Å². The molecule has 1 aromatic carbocycles. The van der Waals surface area contributed by atoms with Crippen molar-refractivity contribution < 1.29 is 22.6 Å². The lowest BCUT2D eigenvalue weighted by Gasteiger charge is -2.31. The molecular formula is C18H13F3N2O2. The molecule has 25 heavy (non-hydrogen) atoms. The number of nitriles is 1. The van der Waals surface area contributed by atoms with Gasteiger partial charge in [0.05, 0.1) is 11.3 Å². The van der Waals surface area contributed by atoms with E-state index < -0.39 is 12.0 Å². The number of benzene rings is 1. The quantitative estimate of drug-likeness (QED) is 0.806. The Balaban J connectivity index is 2.17. The van der Waals surface area contributed by atoms with Gasteiger partial charge in [-0.1, -0.05) is 0 Å². The first-order valence-corrected chi connectivity index (χ1v) is 7.36. The normalized spacial score (nSPS) is 15.4. The monoisotopic (exact) mass is 346 g/mol. The Morgan fingerprint density at radius 1 is 1.24 bits per heavy atom. The highest BCUT2D eigenvalue weighted by Crippen LogP contribution is 2.41. The minimum absolute atomic E-state index is 0.319. The van der Waals surface area contributed by atoms with E-state index in [9.17, 15) is 18.4 Å². The lowest BCUT2D eigenvalue weighted by molar-refractivity contribution is -0.274. The number of pyridine rings is 1. The summed E-state index contributed by atoms with van der Waals surface area (Å²) < 4.78 is 47.3. The van der Waals surface area contributed by atoms with Crippen LogP contribution < -0.4 is 9.47 Å². The molecule has 0 aliphatic carbocycles. The number of aromatic nitrogens is 1. The van der Waals surface area contributed by atoms with E-state index in [0.717, 1.165) is 0 Å². The summed E-state index contributed by atoms with van der Waals surface area (Å²) in [5.74, 6) is 0.0291. The number of nitrogens with zero attached hydrogens (tertiary/aromatic N) is 2. The highest BCUT2D eigenvalue weighted by atomic mass is 19.4. The molecular weight excluding hydrogens is 333 g/mol. The van der Waals surface area contributed by atoms with E-state index >= 15 is 0 Å². The molecule has 0 fully saturated rings. The zero-order valence-electron chi connectivity index (χ0n) is 13.4. The molecule has 0 amide bonds. The van der Waals surface area contributed by atoms with Crippen molar-refractivity contribution in [2.75, 3.05) is 0 Å². The standard InChI is InChI=1S/C18H13F3N2O2/c1-17(2)9-14(16-11(10-22)4-3-7-23-16)13-8-12(24-18(19,20)21)5-6-15(13)25-17/h3-9H,1-2H3. The van der Waals surface area contributed by atoms with Gasteiger partial charge < -0.3 is 9.47 Å². The highest BCUT2D eigenvalue weighted by molar-refractivity contribution is 5.85. The second-order valence-electron chi connectivity index (χ2n) is 5.98. The lowest BCUT2D eigenvalue weighted by Crippen LogP contribution is -2.29. The molecule has 0 bridgehead atoms. The maximum Gasteiger partial charge on any atom is 0.573 e. The smallest absolute Gasteiger partial charge is 0.483 e. The summed E-state index contributed by atoms with van der Waals surface area (Å²) in [5.41, 5.74) is 0.900. The molecule has 7 heteroatoms. The van der Waals surface area contributed by atoms with Crippen LogP contribution in [0.4, 0.5) is 13.2 Å². The number of rotatable bonds is 2. The van der Waals surface area contributed by atoms with Crippen LogP contribution in [-0.4, -0.2) is 16.9 Å². The topological polar surface area (TPSA) is 55.1 Å². The number of ether oxygens (including phenoxy) is 2. The Hall–Kier alpha value is -3.01. The summed E-state index contributed by atoms with van der Waals surface area (Å²) in [6, 6.07) is 9.11. The van der Waals surface area contributed by atoms with Crippen LogP contribution in [0.1, 0.15) is 30.7 Å². The predicted octanol–water partition coefficient (Wildman–Crippen LogP) is 4.45. The first-order valence-electron chi connectivity index (χ1n) is 7.36. The van der Waals surface area contributed by atoms with Crippen LogP contribution in [0, 0.1) is 11.3 Å². The molecule has 2 heterocycles. The van der Waals surface area contributed by atoms with Crippen molar-refractivity contribution in [2.24, 2.45) is 0 Å². The fourth-order valence-corrected chi connectivity index (χ4v) is 2.65. The first kappa shape index (κ1) is 16.8. The SMILES string of the molecule is CC1(C)C=C(c2ncccc2C#N)c2cc(OC(F)(F)F)ccc2O1. The molecule has 1 aliphatic heterocycles. The first-order chi connectivity index (χ1) is 11.7. The third-order valence-electron chi connectivity index (χ3n) is 3.52. The molecule has 4 nitrogen and oxygen atoms in total. The maximum absolute atomic E-state index is 12.5. The Morgan fingerprint density at radius 3 is 2.68 bits per heavy atom. The van der Waals surface area contributed by atoms with Gasteiger partial charge in [-0.3, -0.25) is 4.98 Å². The van der Waals surface area contributed by atoms with Crippen LogP contribution >= 0.6 is 0 Å². The van der Waals surface area contributed by atoms with Crippen molar-refractivity contribution in [1.29, 1.82) is 5.26 Å². The van der Waals surface area contributed by atoms with Gasteiger partial charge in [0.25, 0.3) is 0 Å². The van der Waals surface area contributed by atoms with Crippen molar-refractivity contribution >= 4 is 5.57 Å². The number of fused-ring (bicyclic) bond motifs is 1. The van der Waals surface area contributed by atoms with Crippen LogP contribution in [0.3, 0.4) is 0 Å². The molecule has 0 atom stereocenters. The zero-order chi connectivity index (χ0) is 18.2. The van der Waals surface area contributed by atoms with Crippen molar-refractivity contribution in [3.63, 3.8) is 0 Å². The van der Waals surface area contributed by atoms with Crippen LogP contribution in [-0.2, 0) is 0 Å². The van der Waals surface area contributed by atoms with E-state index in [1.807, 2.05) is 19.9 Å². The van der Waals surface area contributed by atoms with Crippen molar-refractivity contribution in [1.82, 2.24) is 4.98 Å². The molecule has 0 unspecified atom stereocenters. The summed E-state index contributed by atoms with van der Waals surface area (Å²) >= 11 is 0. The zero-order valence-corrected chi connectivity index (χ0v) is 13.4. The van der Waals surface area contributed by atoms with Gasteiger partial charge in [-0.2, -0.15) is 5.26 Å². The van der Waals surface area contributed by atoms with Crippen molar-refractivity contribution in [3.05, 3.63) is 59.4 Å². The summed E-state index contributed by atoms with van der Waals surface area (Å²) in [7, 11) is 0. The van der Waals surface area contributed by atoms with Gasteiger partial charge in [0, 0.05) is 17.3 Å². The summed E-state index contributed by atoms with van der Waals surface area (Å²) in [5, 5.41) is 9.31. The van der Waals surface area contributed by atoms with Gasteiger partial charge >= 0.3 is 6.36 Å². The van der Waals surface area contributed by atoms with Crippen LogP contribution in [0.5, 0.6) is 11.5 Å². The Kier molecular flexibility index (Phi) is 3.91. The second kappa shape index (κ2) is 5.81. The Bertz CT molecular complexity index is 896. The molecule has 0 spiro atoms. The van der Waals surface area contributed by atoms with Crippen molar-refractivity contribution in [2.45, 2.75) is 25.8 Å². The van der Waals surface area contributed by atoms with Gasteiger partial charge in [-0.15, -0.1) is 13.2 Å². The minimum Gasteiger partial charge on any atom is -0.483 e. The van der Waals surface area contributed by atoms with E-state index in [2.05, 4.69) is 9.72 Å². The van der Waals surface area contributed by atoms with E-state index in [1.165, 1.54) is 24.4 Å². The average Bonchev–Trinajstić information content (AvgIpc) is 2.52. The van der Waals surface area contributed by atoms with Gasteiger partial charge in [0.15, 0.2) is 0 Å². The molecule has 1 aromatic heterocycles. The molecule has 0 radical (unpaired) electrons. The third kappa shape index (κ3) is 3.58. The lowest BCUT2D eigenvalue weighted by atomic mass is 9.90. The molecule has 1 aliphatic rings. The number of halogens is 3. The van der Waals surface area contributed by atoms with Gasteiger partial charge in [-0.25, -0.2) is 0 Å². The van der Waals surface area contributed by atoms with E-state index in [0.29, 0.717) is 28.1 Å². The minimum atomic E-state index is -4.80.